The van der Waals surface area contributed by atoms with Crippen LogP contribution in [-0.2, 0) is 12.1 Å². The third-order valence-electron chi connectivity index (χ3n) is 4.45. The summed E-state index contributed by atoms with van der Waals surface area (Å²) in [5.74, 6) is 2.09. The maximum absolute atomic E-state index is 10.8. The van der Waals surface area contributed by atoms with Crippen LogP contribution < -0.4 is 20.1 Å². The molecular formula is C23H34IN3O3. The molecule has 1 unspecified atom stereocenters. The van der Waals surface area contributed by atoms with Gasteiger partial charge in [-0.25, -0.2) is 4.99 Å². The molecule has 0 fully saturated rings. The van der Waals surface area contributed by atoms with Crippen molar-refractivity contribution in [2.45, 2.75) is 39.3 Å². The Morgan fingerprint density at radius 1 is 1.07 bits per heavy atom. The molecule has 1 atom stereocenters. The van der Waals surface area contributed by atoms with E-state index in [0.717, 1.165) is 29.8 Å². The number of methoxy groups -OCH3 is 1. The number of aliphatic imine (C=N–C) groups is 1. The summed E-state index contributed by atoms with van der Waals surface area (Å²) in [6, 6.07) is 15.5. The van der Waals surface area contributed by atoms with Crippen molar-refractivity contribution in [1.82, 2.24) is 10.6 Å². The smallest absolute Gasteiger partial charge is 0.191 e. The lowest BCUT2D eigenvalue weighted by atomic mass is 9.96. The van der Waals surface area contributed by atoms with Crippen LogP contribution in [0.2, 0.25) is 0 Å². The van der Waals surface area contributed by atoms with Crippen LogP contribution in [0.1, 0.15) is 38.3 Å². The minimum Gasteiger partial charge on any atom is -0.493 e. The van der Waals surface area contributed by atoms with Crippen LogP contribution in [0.15, 0.2) is 53.5 Å². The minimum atomic E-state index is -1.00. The van der Waals surface area contributed by atoms with Gasteiger partial charge in [0, 0.05) is 6.54 Å². The summed E-state index contributed by atoms with van der Waals surface area (Å²) in [7, 11) is 1.64. The molecule has 0 saturated heterocycles. The number of aliphatic hydroxyl groups is 1. The van der Waals surface area contributed by atoms with E-state index < -0.39 is 5.60 Å². The van der Waals surface area contributed by atoms with Crippen molar-refractivity contribution in [3.63, 3.8) is 0 Å². The molecule has 7 heteroatoms. The number of nitrogens with one attached hydrogen (secondary N) is 2. The first-order valence-corrected chi connectivity index (χ1v) is 10.1. The van der Waals surface area contributed by atoms with E-state index in [2.05, 4.69) is 22.5 Å². The second kappa shape index (κ2) is 13.3. The molecule has 0 saturated carbocycles. The van der Waals surface area contributed by atoms with Gasteiger partial charge in [-0.1, -0.05) is 43.3 Å². The first-order chi connectivity index (χ1) is 14.0. The van der Waals surface area contributed by atoms with E-state index in [4.69, 9.17) is 9.47 Å². The fourth-order valence-corrected chi connectivity index (χ4v) is 2.81. The summed E-state index contributed by atoms with van der Waals surface area (Å²) < 4.78 is 11.1. The molecule has 2 rings (SSSR count). The molecule has 30 heavy (non-hydrogen) atoms. The Kier molecular flexibility index (Phi) is 11.6. The summed E-state index contributed by atoms with van der Waals surface area (Å²) in [6.07, 6.45) is 0.944. The van der Waals surface area contributed by atoms with Crippen LogP contribution in [0.4, 0.5) is 0 Å². The van der Waals surface area contributed by atoms with Gasteiger partial charge in [-0.3, -0.25) is 0 Å². The molecule has 0 aliphatic carbocycles. The average Bonchev–Trinajstić information content (AvgIpc) is 2.75. The average molecular weight is 527 g/mol. The van der Waals surface area contributed by atoms with Gasteiger partial charge < -0.3 is 25.2 Å². The Morgan fingerprint density at radius 3 is 2.43 bits per heavy atom. The van der Waals surface area contributed by atoms with E-state index >= 15 is 0 Å². The zero-order valence-electron chi connectivity index (χ0n) is 18.3. The van der Waals surface area contributed by atoms with Crippen LogP contribution in [0, 0.1) is 0 Å². The molecule has 0 radical (unpaired) electrons. The van der Waals surface area contributed by atoms with Crippen molar-refractivity contribution < 1.29 is 14.6 Å². The van der Waals surface area contributed by atoms with Crippen molar-refractivity contribution in [2.24, 2.45) is 4.99 Å². The van der Waals surface area contributed by atoms with E-state index in [0.29, 0.717) is 31.4 Å². The largest absolute Gasteiger partial charge is 0.493 e. The molecule has 166 valence electrons. The highest BCUT2D eigenvalue weighted by Gasteiger charge is 2.22. The topological polar surface area (TPSA) is 75.1 Å². The number of hydrogen-bond donors (Lipinski definition) is 3. The number of benzene rings is 2. The zero-order valence-corrected chi connectivity index (χ0v) is 20.6. The molecule has 3 N–H and O–H groups in total. The van der Waals surface area contributed by atoms with Crippen LogP contribution in [0.5, 0.6) is 11.5 Å². The van der Waals surface area contributed by atoms with Crippen molar-refractivity contribution in [1.29, 1.82) is 0 Å². The molecule has 0 aliphatic heterocycles. The fraction of sp³-hybridized carbons (Fsp3) is 0.435. The molecule has 0 amide bonds. The highest BCUT2D eigenvalue weighted by Crippen LogP contribution is 2.28. The van der Waals surface area contributed by atoms with Gasteiger partial charge in [0.2, 0.25) is 0 Å². The van der Waals surface area contributed by atoms with Crippen molar-refractivity contribution >= 4 is 29.9 Å². The van der Waals surface area contributed by atoms with Gasteiger partial charge in [0.15, 0.2) is 17.5 Å². The lowest BCUT2D eigenvalue weighted by molar-refractivity contribution is 0.0617. The Hall–Kier alpha value is -2.00. The molecule has 6 nitrogen and oxygen atoms in total. The third-order valence-corrected chi connectivity index (χ3v) is 4.45. The molecule has 0 aliphatic rings. The highest BCUT2D eigenvalue weighted by atomic mass is 127. The summed E-state index contributed by atoms with van der Waals surface area (Å²) in [5.41, 5.74) is 0.868. The summed E-state index contributed by atoms with van der Waals surface area (Å²) in [4.78, 5) is 4.63. The van der Waals surface area contributed by atoms with Gasteiger partial charge in [-0.2, -0.15) is 0 Å². The van der Waals surface area contributed by atoms with Crippen molar-refractivity contribution in [2.75, 3.05) is 26.8 Å². The molecular weight excluding hydrogens is 493 g/mol. The predicted molar refractivity (Wildman–Crippen MR) is 133 cm³/mol. The third kappa shape index (κ3) is 8.02. The first-order valence-electron chi connectivity index (χ1n) is 10.1. The summed E-state index contributed by atoms with van der Waals surface area (Å²) >= 11 is 0. The standard InChI is InChI=1S/C23H33N3O3.HI/c1-5-14-29-20-13-12-18(15-21(20)28-4)16-25-22(24-6-2)26-17-23(3,27)19-10-8-7-9-11-19;/h7-13,15,27H,5-6,14,16-17H2,1-4H3,(H2,24,25,26);1H. The Balaban J connectivity index is 0.00000450. The van der Waals surface area contributed by atoms with Crippen LogP contribution in [0.3, 0.4) is 0 Å². The maximum Gasteiger partial charge on any atom is 0.191 e. The Morgan fingerprint density at radius 2 is 1.80 bits per heavy atom. The number of halogens is 1. The van der Waals surface area contributed by atoms with Gasteiger partial charge in [-0.15, -0.1) is 24.0 Å². The maximum atomic E-state index is 10.8. The number of ether oxygens (including phenoxy) is 2. The van der Waals surface area contributed by atoms with E-state index in [1.807, 2.05) is 55.5 Å². The van der Waals surface area contributed by atoms with E-state index in [1.165, 1.54) is 0 Å². The second-order valence-electron chi connectivity index (χ2n) is 7.02. The highest BCUT2D eigenvalue weighted by molar-refractivity contribution is 14.0. The number of hydrogen-bond acceptors (Lipinski definition) is 4. The van der Waals surface area contributed by atoms with E-state index in [9.17, 15) is 5.11 Å². The Bertz CT molecular complexity index is 783. The molecule has 0 bridgehead atoms. The molecule has 0 spiro atoms. The molecule has 0 aromatic heterocycles. The minimum absolute atomic E-state index is 0. The van der Waals surface area contributed by atoms with Crippen LogP contribution in [-0.4, -0.2) is 37.9 Å². The predicted octanol–water partition coefficient (Wildman–Crippen LogP) is 4.06. The van der Waals surface area contributed by atoms with Gasteiger partial charge in [0.1, 0.15) is 5.60 Å². The lowest BCUT2D eigenvalue weighted by Crippen LogP contribution is -2.44. The van der Waals surface area contributed by atoms with Gasteiger partial charge >= 0.3 is 0 Å². The number of nitrogens with zero attached hydrogens (tertiary/aromatic N) is 1. The summed E-state index contributed by atoms with van der Waals surface area (Å²) in [6.45, 7) is 8.08. The summed E-state index contributed by atoms with van der Waals surface area (Å²) in [5, 5.41) is 17.2. The number of rotatable bonds is 10. The SMILES string of the molecule is CCCOc1ccc(CN=C(NCC)NCC(C)(O)c2ccccc2)cc1OC.I. The van der Waals surface area contributed by atoms with Crippen LogP contribution in [0.25, 0.3) is 0 Å². The molecule has 0 heterocycles. The monoisotopic (exact) mass is 527 g/mol. The Labute approximate surface area is 197 Å². The van der Waals surface area contributed by atoms with Crippen molar-refractivity contribution in [3.05, 3.63) is 59.7 Å². The van der Waals surface area contributed by atoms with E-state index in [-0.39, 0.29) is 24.0 Å². The van der Waals surface area contributed by atoms with Gasteiger partial charge in [-0.05, 0) is 43.5 Å². The first kappa shape index (κ1) is 26.0. The molecule has 2 aromatic carbocycles. The van der Waals surface area contributed by atoms with E-state index in [1.54, 1.807) is 14.0 Å². The second-order valence-corrected chi connectivity index (χ2v) is 7.02. The fourth-order valence-electron chi connectivity index (χ4n) is 2.81. The number of guanidine groups is 1. The normalized spacial score (nSPS) is 13.0. The lowest BCUT2D eigenvalue weighted by Gasteiger charge is -2.25. The van der Waals surface area contributed by atoms with Gasteiger partial charge in [0.05, 0.1) is 26.8 Å². The van der Waals surface area contributed by atoms with Crippen LogP contribution >= 0.6 is 24.0 Å². The quantitative estimate of drug-likeness (QED) is 0.247. The van der Waals surface area contributed by atoms with Crippen molar-refractivity contribution in [3.8, 4) is 11.5 Å². The van der Waals surface area contributed by atoms with Gasteiger partial charge in [0.25, 0.3) is 0 Å². The zero-order chi connectivity index (χ0) is 21.1. The molecule has 2 aromatic rings.